The molecule has 0 rings (SSSR count). The highest BCUT2D eigenvalue weighted by Gasteiger charge is 2.32. The first kappa shape index (κ1) is 20.3. The molecule has 128 valence electrons. The van der Waals surface area contributed by atoms with Crippen LogP contribution in [0.5, 0.6) is 0 Å². The maximum absolute atomic E-state index is 11.7. The van der Waals surface area contributed by atoms with Crippen LogP contribution < -0.4 is 16.0 Å². The smallest absolute Gasteiger partial charge is 0.249 e. The zero-order chi connectivity index (χ0) is 17.2. The normalized spacial score (nSPS) is 12.4. The number of aliphatic hydroxyl groups excluding tert-OH is 2. The summed E-state index contributed by atoms with van der Waals surface area (Å²) in [6.07, 6.45) is -0.631. The molecule has 8 heteroatoms. The van der Waals surface area contributed by atoms with E-state index in [9.17, 15) is 19.5 Å². The lowest BCUT2D eigenvalue weighted by atomic mass is 9.87. The summed E-state index contributed by atoms with van der Waals surface area (Å²) < 4.78 is 0. The first-order chi connectivity index (χ1) is 10.2. The molecule has 0 aliphatic carbocycles. The molecule has 0 aliphatic heterocycles. The number of aliphatic hydroxyl groups is 2. The van der Waals surface area contributed by atoms with Crippen LogP contribution in [0.2, 0.25) is 0 Å². The minimum atomic E-state index is -1.30. The monoisotopic (exact) mass is 317 g/mol. The van der Waals surface area contributed by atoms with E-state index in [1.807, 2.05) is 0 Å². The third-order valence-electron chi connectivity index (χ3n) is 3.10. The minimum Gasteiger partial charge on any atom is -0.396 e. The molecule has 0 radical (unpaired) electrons. The molecule has 0 aromatic rings. The fourth-order valence-corrected chi connectivity index (χ4v) is 1.53. The zero-order valence-corrected chi connectivity index (χ0v) is 13.4. The number of nitrogens with one attached hydrogen (secondary N) is 3. The largest absolute Gasteiger partial charge is 0.396 e. The van der Waals surface area contributed by atoms with Crippen molar-refractivity contribution in [1.82, 2.24) is 16.0 Å². The van der Waals surface area contributed by atoms with Gasteiger partial charge in [-0.1, -0.05) is 13.8 Å². The Morgan fingerprint density at radius 2 is 1.64 bits per heavy atom. The molecule has 0 unspecified atom stereocenters. The number of amides is 3. The van der Waals surface area contributed by atoms with E-state index < -0.39 is 17.4 Å². The molecule has 0 saturated carbocycles. The Balaban J connectivity index is 3.77. The van der Waals surface area contributed by atoms with Crippen LogP contribution in [-0.4, -0.2) is 60.3 Å². The standard InChI is InChI=1S/C14H27N3O5/c1-10(19)15-7-8-16-11(20)5-4-6-17-13(22)12(21)14(2,3)9-18/h12,18,21H,4-9H2,1-3H3,(H,15,19)(H,16,20)(H,17,22)/t12-/m0/s1. The maximum atomic E-state index is 11.7. The Labute approximate surface area is 130 Å². The van der Waals surface area contributed by atoms with E-state index in [1.165, 1.54) is 6.92 Å². The molecule has 8 nitrogen and oxygen atoms in total. The maximum Gasteiger partial charge on any atom is 0.249 e. The molecule has 0 aliphatic rings. The molecule has 22 heavy (non-hydrogen) atoms. The van der Waals surface area contributed by atoms with Crippen molar-refractivity contribution in [2.24, 2.45) is 5.41 Å². The van der Waals surface area contributed by atoms with E-state index in [-0.39, 0.29) is 31.4 Å². The molecule has 0 bridgehead atoms. The van der Waals surface area contributed by atoms with Crippen LogP contribution in [0.1, 0.15) is 33.6 Å². The van der Waals surface area contributed by atoms with Gasteiger partial charge in [0.2, 0.25) is 17.7 Å². The van der Waals surface area contributed by atoms with E-state index in [1.54, 1.807) is 13.8 Å². The van der Waals surface area contributed by atoms with E-state index in [0.717, 1.165) is 0 Å². The number of carbonyl (C=O) groups is 3. The molecule has 0 spiro atoms. The summed E-state index contributed by atoms with van der Waals surface area (Å²) in [4.78, 5) is 33.7. The second-order valence-corrected chi connectivity index (χ2v) is 5.78. The minimum absolute atomic E-state index is 0.152. The van der Waals surface area contributed by atoms with E-state index in [4.69, 9.17) is 5.11 Å². The number of hydrogen-bond donors (Lipinski definition) is 5. The molecule has 0 aromatic carbocycles. The van der Waals surface area contributed by atoms with Crippen molar-refractivity contribution in [3.63, 3.8) is 0 Å². The third kappa shape index (κ3) is 8.58. The molecular weight excluding hydrogens is 290 g/mol. The summed E-state index contributed by atoms with van der Waals surface area (Å²) in [7, 11) is 0. The lowest BCUT2D eigenvalue weighted by Gasteiger charge is -2.27. The van der Waals surface area contributed by atoms with Gasteiger partial charge >= 0.3 is 0 Å². The quantitative estimate of drug-likeness (QED) is 0.314. The van der Waals surface area contributed by atoms with E-state index >= 15 is 0 Å². The van der Waals surface area contributed by atoms with Gasteiger partial charge < -0.3 is 26.2 Å². The lowest BCUT2D eigenvalue weighted by molar-refractivity contribution is -0.137. The van der Waals surface area contributed by atoms with Gasteiger partial charge in [0.15, 0.2) is 0 Å². The first-order valence-electron chi connectivity index (χ1n) is 7.28. The van der Waals surface area contributed by atoms with Crippen molar-refractivity contribution in [2.45, 2.75) is 39.7 Å². The molecule has 0 heterocycles. The second-order valence-electron chi connectivity index (χ2n) is 5.78. The Hall–Kier alpha value is -1.67. The first-order valence-corrected chi connectivity index (χ1v) is 7.28. The average molecular weight is 317 g/mol. The fraction of sp³-hybridized carbons (Fsp3) is 0.786. The van der Waals surface area contributed by atoms with Crippen LogP contribution >= 0.6 is 0 Å². The SMILES string of the molecule is CC(=O)NCCNC(=O)CCCNC(=O)[C@H](O)C(C)(C)CO. The molecule has 0 fully saturated rings. The average Bonchev–Trinajstić information content (AvgIpc) is 2.46. The molecule has 5 N–H and O–H groups in total. The van der Waals surface area contributed by atoms with Gasteiger partial charge in [0.1, 0.15) is 6.10 Å². The molecule has 0 aromatic heterocycles. The van der Waals surface area contributed by atoms with Gasteiger partial charge in [0.25, 0.3) is 0 Å². The highest BCUT2D eigenvalue weighted by atomic mass is 16.3. The van der Waals surface area contributed by atoms with Crippen LogP contribution in [-0.2, 0) is 14.4 Å². The highest BCUT2D eigenvalue weighted by Crippen LogP contribution is 2.19. The Bertz CT molecular complexity index is 385. The summed E-state index contributed by atoms with van der Waals surface area (Å²) in [6, 6.07) is 0. The van der Waals surface area contributed by atoms with E-state index in [0.29, 0.717) is 19.5 Å². The number of rotatable bonds is 10. The fourth-order valence-electron chi connectivity index (χ4n) is 1.53. The molecule has 0 saturated heterocycles. The summed E-state index contributed by atoms with van der Waals surface area (Å²) in [5.41, 5.74) is -0.912. The number of carbonyl (C=O) groups excluding carboxylic acids is 3. The Kier molecular flexibility index (Phi) is 9.35. The van der Waals surface area contributed by atoms with Gasteiger partial charge in [0.05, 0.1) is 6.61 Å². The van der Waals surface area contributed by atoms with Crippen LogP contribution in [0.4, 0.5) is 0 Å². The van der Waals surface area contributed by atoms with Gasteiger partial charge in [0, 0.05) is 38.4 Å². The van der Waals surface area contributed by atoms with Crippen molar-refractivity contribution in [2.75, 3.05) is 26.2 Å². The van der Waals surface area contributed by atoms with Crippen LogP contribution in [0, 0.1) is 5.41 Å². The molecule has 3 amide bonds. The summed E-state index contributed by atoms with van der Waals surface area (Å²) in [5.74, 6) is -0.887. The van der Waals surface area contributed by atoms with Crippen molar-refractivity contribution < 1.29 is 24.6 Å². The third-order valence-corrected chi connectivity index (χ3v) is 3.10. The van der Waals surface area contributed by atoms with Crippen LogP contribution in [0.3, 0.4) is 0 Å². The van der Waals surface area contributed by atoms with Gasteiger partial charge in [-0.3, -0.25) is 14.4 Å². The molecule has 1 atom stereocenters. The topological polar surface area (TPSA) is 128 Å². The summed E-state index contributed by atoms with van der Waals surface area (Å²) in [6.45, 7) is 5.25. The Morgan fingerprint density at radius 1 is 1.05 bits per heavy atom. The number of hydrogen-bond acceptors (Lipinski definition) is 5. The van der Waals surface area contributed by atoms with Crippen molar-refractivity contribution >= 4 is 17.7 Å². The van der Waals surface area contributed by atoms with Gasteiger partial charge in [-0.2, -0.15) is 0 Å². The van der Waals surface area contributed by atoms with Crippen LogP contribution in [0.25, 0.3) is 0 Å². The molecular formula is C14H27N3O5. The summed E-state index contributed by atoms with van der Waals surface area (Å²) >= 11 is 0. The van der Waals surface area contributed by atoms with Crippen molar-refractivity contribution in [3.8, 4) is 0 Å². The second kappa shape index (κ2) is 10.1. The predicted octanol–water partition coefficient (Wildman–Crippen LogP) is -1.49. The highest BCUT2D eigenvalue weighted by molar-refractivity contribution is 5.81. The Morgan fingerprint density at radius 3 is 2.18 bits per heavy atom. The predicted molar refractivity (Wildman–Crippen MR) is 80.8 cm³/mol. The van der Waals surface area contributed by atoms with Crippen LogP contribution in [0.15, 0.2) is 0 Å². The zero-order valence-electron chi connectivity index (χ0n) is 13.4. The lowest BCUT2D eigenvalue weighted by Crippen LogP contribution is -2.45. The van der Waals surface area contributed by atoms with Gasteiger partial charge in [-0.25, -0.2) is 0 Å². The van der Waals surface area contributed by atoms with E-state index in [2.05, 4.69) is 16.0 Å². The van der Waals surface area contributed by atoms with Crippen molar-refractivity contribution in [3.05, 3.63) is 0 Å². The van der Waals surface area contributed by atoms with Gasteiger partial charge in [-0.15, -0.1) is 0 Å². The summed E-state index contributed by atoms with van der Waals surface area (Å²) in [5, 5.41) is 26.5. The van der Waals surface area contributed by atoms with Crippen molar-refractivity contribution in [1.29, 1.82) is 0 Å². The van der Waals surface area contributed by atoms with Gasteiger partial charge in [-0.05, 0) is 6.42 Å².